The van der Waals surface area contributed by atoms with E-state index in [1.165, 1.54) is 75.1 Å². The van der Waals surface area contributed by atoms with Gasteiger partial charge in [0.05, 0.1) is 5.69 Å². The molecule has 10 aromatic carbocycles. The van der Waals surface area contributed by atoms with Crippen LogP contribution in [0.4, 0.5) is 17.1 Å². The summed E-state index contributed by atoms with van der Waals surface area (Å²) in [6.45, 7) is 0. The minimum absolute atomic E-state index is 0.882. The van der Waals surface area contributed by atoms with Gasteiger partial charge >= 0.3 is 0 Å². The normalized spacial score (nSPS) is 11.7. The molecule has 0 bridgehead atoms. The molecule has 0 aliphatic carbocycles. The van der Waals surface area contributed by atoms with Gasteiger partial charge in [0.2, 0.25) is 0 Å². The van der Waals surface area contributed by atoms with E-state index in [9.17, 15) is 0 Å². The smallest absolute Gasteiger partial charge is 0.135 e. The number of hydrogen-bond donors (Lipinski definition) is 0. The Kier molecular flexibility index (Phi) is 7.75. The first kappa shape index (κ1) is 33.7. The number of benzene rings is 10. The fraction of sp³-hybridized carbons (Fsp3) is 0. The SMILES string of the molecule is c1ccc(-c2ccc3c(c2)sc2c(-c4ccccc4)ccc(N(c4ccc(-c5ccc6ccc7ccccc7c6c5)cc4)c4ccc5oc6ccccc6c5c4)c23)cc1. The summed E-state index contributed by atoms with van der Waals surface area (Å²) >= 11 is 1.88. The fourth-order valence-corrected chi connectivity index (χ4v) is 10.3. The van der Waals surface area contributed by atoms with E-state index in [1.54, 1.807) is 0 Å². The average molecular weight is 770 g/mol. The van der Waals surface area contributed by atoms with Crippen molar-refractivity contribution in [3.63, 3.8) is 0 Å². The molecule has 2 heterocycles. The molecule has 0 saturated heterocycles. The maximum Gasteiger partial charge on any atom is 0.135 e. The number of para-hydroxylation sites is 1. The zero-order chi connectivity index (χ0) is 38.9. The quantitative estimate of drug-likeness (QED) is 0.157. The lowest BCUT2D eigenvalue weighted by Gasteiger charge is -2.27. The molecule has 0 amide bonds. The van der Waals surface area contributed by atoms with E-state index >= 15 is 0 Å². The van der Waals surface area contributed by atoms with Crippen molar-refractivity contribution in [1.29, 1.82) is 0 Å². The molecule has 0 spiro atoms. The summed E-state index contributed by atoms with van der Waals surface area (Å²) in [7, 11) is 0. The summed E-state index contributed by atoms with van der Waals surface area (Å²) in [5, 5.41) is 9.76. The molecule has 0 aliphatic rings. The van der Waals surface area contributed by atoms with E-state index in [2.05, 4.69) is 205 Å². The number of rotatable bonds is 6. The Morgan fingerprint density at radius 1 is 0.356 bits per heavy atom. The monoisotopic (exact) mass is 769 g/mol. The molecule has 0 radical (unpaired) electrons. The van der Waals surface area contributed by atoms with Gasteiger partial charge in [-0.2, -0.15) is 0 Å². The Hall–Kier alpha value is -7.46. The lowest BCUT2D eigenvalue weighted by molar-refractivity contribution is 0.669. The standard InChI is InChI=1S/C56H35NOS/c1-3-11-36(12-4-1)42-25-29-48-54(34-42)59-56-46(38-13-5-2-6-14-38)30-31-51(55(48)56)57(44-28-32-53-50(35-44)47-17-9-10-18-52(47)58-53)43-26-23-37(24-27-43)41-22-21-40-20-19-39-15-7-8-16-45(39)49(40)33-41/h1-35H. The van der Waals surface area contributed by atoms with E-state index in [0.29, 0.717) is 0 Å². The third-order valence-corrected chi connectivity index (χ3v) is 13.0. The van der Waals surface area contributed by atoms with Gasteiger partial charge in [-0.05, 0) is 110 Å². The second-order valence-corrected chi connectivity index (χ2v) is 16.3. The van der Waals surface area contributed by atoms with E-state index in [0.717, 1.165) is 39.0 Å². The largest absolute Gasteiger partial charge is 0.456 e. The summed E-state index contributed by atoms with van der Waals surface area (Å²) < 4.78 is 8.87. The van der Waals surface area contributed by atoms with Crippen LogP contribution >= 0.6 is 11.3 Å². The molecule has 12 aromatic rings. The minimum Gasteiger partial charge on any atom is -0.456 e. The topological polar surface area (TPSA) is 16.4 Å². The first-order valence-corrected chi connectivity index (χ1v) is 20.9. The van der Waals surface area contributed by atoms with Gasteiger partial charge in [0.15, 0.2) is 0 Å². The predicted octanol–water partition coefficient (Wildman–Crippen LogP) is 16.7. The van der Waals surface area contributed by atoms with Gasteiger partial charge in [-0.25, -0.2) is 0 Å². The second-order valence-electron chi connectivity index (χ2n) is 15.3. The van der Waals surface area contributed by atoms with E-state index in [-0.39, 0.29) is 0 Å². The van der Waals surface area contributed by atoms with E-state index in [4.69, 9.17) is 4.42 Å². The molecule has 2 nitrogen and oxygen atoms in total. The van der Waals surface area contributed by atoms with E-state index < -0.39 is 0 Å². The summed E-state index contributed by atoms with van der Waals surface area (Å²) in [5.74, 6) is 0. The molecule has 276 valence electrons. The van der Waals surface area contributed by atoms with Crippen molar-refractivity contribution in [1.82, 2.24) is 0 Å². The van der Waals surface area contributed by atoms with Crippen LogP contribution in [0.1, 0.15) is 0 Å². The maximum atomic E-state index is 6.33. The first-order chi connectivity index (χ1) is 29.2. The molecule has 0 unspecified atom stereocenters. The van der Waals surface area contributed by atoms with Crippen LogP contribution in [0.25, 0.3) is 97.0 Å². The van der Waals surface area contributed by atoms with Crippen molar-refractivity contribution < 1.29 is 4.42 Å². The molecule has 0 atom stereocenters. The third kappa shape index (κ3) is 5.62. The van der Waals surface area contributed by atoms with Crippen LogP contribution in [0.3, 0.4) is 0 Å². The van der Waals surface area contributed by atoms with Crippen LogP contribution in [0.2, 0.25) is 0 Å². The molecule has 0 aliphatic heterocycles. The van der Waals surface area contributed by atoms with Crippen molar-refractivity contribution in [3.05, 3.63) is 212 Å². The van der Waals surface area contributed by atoms with Crippen LogP contribution in [0.5, 0.6) is 0 Å². The zero-order valence-corrected chi connectivity index (χ0v) is 32.8. The number of nitrogens with zero attached hydrogens (tertiary/aromatic N) is 1. The molecule has 3 heteroatoms. The van der Waals surface area contributed by atoms with Gasteiger partial charge in [0.1, 0.15) is 11.2 Å². The highest BCUT2D eigenvalue weighted by molar-refractivity contribution is 7.26. The number of anilines is 3. The third-order valence-electron chi connectivity index (χ3n) is 11.9. The lowest BCUT2D eigenvalue weighted by atomic mass is 9.96. The summed E-state index contributed by atoms with van der Waals surface area (Å²) in [4.78, 5) is 2.44. The van der Waals surface area contributed by atoms with Crippen molar-refractivity contribution in [2.45, 2.75) is 0 Å². The number of furan rings is 1. The second kappa shape index (κ2) is 13.6. The first-order valence-electron chi connectivity index (χ1n) is 20.1. The Morgan fingerprint density at radius 2 is 0.966 bits per heavy atom. The van der Waals surface area contributed by atoms with Crippen molar-refractivity contribution in [3.8, 4) is 33.4 Å². The Labute approximate surface area is 345 Å². The van der Waals surface area contributed by atoms with Gasteiger partial charge in [-0.1, -0.05) is 158 Å². The Bertz CT molecular complexity index is 3550. The van der Waals surface area contributed by atoms with Gasteiger partial charge in [0.25, 0.3) is 0 Å². The summed E-state index contributed by atoms with van der Waals surface area (Å²) in [6, 6.07) is 77.0. The molecular weight excluding hydrogens is 735 g/mol. The highest BCUT2D eigenvalue weighted by Crippen LogP contribution is 2.49. The predicted molar refractivity (Wildman–Crippen MR) is 253 cm³/mol. The van der Waals surface area contributed by atoms with Crippen LogP contribution < -0.4 is 4.90 Å². The van der Waals surface area contributed by atoms with Crippen LogP contribution in [0, 0.1) is 0 Å². The molecule has 2 aromatic heterocycles. The summed E-state index contributed by atoms with van der Waals surface area (Å²) in [6.07, 6.45) is 0. The van der Waals surface area contributed by atoms with Crippen molar-refractivity contribution >= 4 is 92.1 Å². The van der Waals surface area contributed by atoms with E-state index in [1.807, 2.05) is 23.5 Å². The van der Waals surface area contributed by atoms with Gasteiger partial charge < -0.3 is 9.32 Å². The minimum atomic E-state index is 0.882. The Morgan fingerprint density at radius 3 is 1.80 bits per heavy atom. The van der Waals surface area contributed by atoms with Crippen molar-refractivity contribution in [2.75, 3.05) is 4.90 Å². The van der Waals surface area contributed by atoms with Crippen LogP contribution in [-0.2, 0) is 0 Å². The maximum absolute atomic E-state index is 6.33. The molecule has 12 rings (SSSR count). The fourth-order valence-electron chi connectivity index (χ4n) is 8.97. The highest BCUT2D eigenvalue weighted by Gasteiger charge is 2.22. The Balaban J connectivity index is 1.08. The number of fused-ring (bicyclic) bond motifs is 9. The van der Waals surface area contributed by atoms with Crippen LogP contribution in [-0.4, -0.2) is 0 Å². The molecule has 0 saturated carbocycles. The van der Waals surface area contributed by atoms with Gasteiger partial charge in [-0.3, -0.25) is 0 Å². The molecule has 0 fully saturated rings. The molecule has 59 heavy (non-hydrogen) atoms. The van der Waals surface area contributed by atoms with Crippen molar-refractivity contribution in [2.24, 2.45) is 0 Å². The van der Waals surface area contributed by atoms with Crippen LogP contribution in [0.15, 0.2) is 217 Å². The molecular formula is C56H35NOS. The average Bonchev–Trinajstić information content (AvgIpc) is 3.88. The summed E-state index contributed by atoms with van der Waals surface area (Å²) in [5.41, 5.74) is 12.3. The number of thiophene rings is 1. The molecule has 0 N–H and O–H groups in total. The van der Waals surface area contributed by atoms with Gasteiger partial charge in [-0.15, -0.1) is 11.3 Å². The highest BCUT2D eigenvalue weighted by atomic mass is 32.1. The number of hydrogen-bond acceptors (Lipinski definition) is 3. The lowest BCUT2D eigenvalue weighted by Crippen LogP contribution is -2.10. The zero-order valence-electron chi connectivity index (χ0n) is 32.0. The van der Waals surface area contributed by atoms with Gasteiger partial charge in [0, 0.05) is 42.3 Å².